The van der Waals surface area contributed by atoms with Crippen LogP contribution in [0.15, 0.2) is 17.3 Å². The van der Waals surface area contributed by atoms with E-state index in [-0.39, 0.29) is 24.0 Å². The van der Waals surface area contributed by atoms with E-state index in [1.165, 1.54) is 17.9 Å². The van der Waals surface area contributed by atoms with E-state index in [1.807, 2.05) is 31.1 Å². The Morgan fingerprint density at radius 2 is 2.18 bits per heavy atom. The third-order valence-corrected chi connectivity index (χ3v) is 4.09. The van der Waals surface area contributed by atoms with Crippen molar-refractivity contribution in [2.75, 3.05) is 32.1 Å². The summed E-state index contributed by atoms with van der Waals surface area (Å²) in [5.41, 5.74) is 1.18. The second-order valence-electron chi connectivity index (χ2n) is 5.05. The molecule has 128 valence electrons. The third kappa shape index (κ3) is 7.97. The number of nitrogens with one attached hydrogen (secondary N) is 1. The Labute approximate surface area is 161 Å². The lowest BCUT2D eigenvalue weighted by Crippen LogP contribution is -2.38. The van der Waals surface area contributed by atoms with E-state index in [0.717, 1.165) is 37.0 Å². The molecule has 1 aromatic rings. The van der Waals surface area contributed by atoms with E-state index in [2.05, 4.69) is 35.0 Å². The lowest BCUT2D eigenvalue weighted by Gasteiger charge is -2.22. The van der Waals surface area contributed by atoms with E-state index < -0.39 is 0 Å². The zero-order valence-corrected chi connectivity index (χ0v) is 17.8. The summed E-state index contributed by atoms with van der Waals surface area (Å²) >= 11 is 7.93. The van der Waals surface area contributed by atoms with Gasteiger partial charge in [-0.1, -0.05) is 11.6 Å². The monoisotopic (exact) mass is 458 g/mol. The number of aryl methyl sites for hydroxylation is 1. The highest BCUT2D eigenvalue weighted by Crippen LogP contribution is 2.14. The molecule has 0 radical (unpaired) electrons. The van der Waals surface area contributed by atoms with Gasteiger partial charge in [0.15, 0.2) is 5.96 Å². The average molecular weight is 459 g/mol. The van der Waals surface area contributed by atoms with Gasteiger partial charge in [0, 0.05) is 39.1 Å². The highest BCUT2D eigenvalue weighted by molar-refractivity contribution is 14.0. The molecule has 0 amide bonds. The number of halogens is 2. The van der Waals surface area contributed by atoms with Crippen molar-refractivity contribution in [2.24, 2.45) is 12.0 Å². The Morgan fingerprint density at radius 1 is 1.45 bits per heavy atom. The average Bonchev–Trinajstić information content (AvgIpc) is 2.75. The molecular weight excluding hydrogens is 431 g/mol. The van der Waals surface area contributed by atoms with E-state index in [4.69, 9.17) is 16.6 Å². The summed E-state index contributed by atoms with van der Waals surface area (Å²) in [6, 6.07) is 2.00. The molecule has 0 unspecified atom stereocenters. The van der Waals surface area contributed by atoms with E-state index in [9.17, 15) is 0 Å². The molecule has 4 nitrogen and oxygen atoms in total. The van der Waals surface area contributed by atoms with Gasteiger partial charge in [-0.05, 0) is 37.8 Å². The van der Waals surface area contributed by atoms with Crippen molar-refractivity contribution < 1.29 is 0 Å². The van der Waals surface area contributed by atoms with Crippen LogP contribution in [0.4, 0.5) is 0 Å². The Hall–Kier alpha value is -0.0800. The van der Waals surface area contributed by atoms with Crippen LogP contribution < -0.4 is 5.32 Å². The first kappa shape index (κ1) is 21.9. The molecule has 0 saturated carbocycles. The van der Waals surface area contributed by atoms with Crippen molar-refractivity contribution in [3.8, 4) is 0 Å². The van der Waals surface area contributed by atoms with Crippen molar-refractivity contribution in [1.82, 2.24) is 14.8 Å². The van der Waals surface area contributed by atoms with E-state index in [1.54, 1.807) is 0 Å². The molecule has 0 fully saturated rings. The lowest BCUT2D eigenvalue weighted by molar-refractivity contribution is 0.461. The Balaban J connectivity index is 0.00000441. The van der Waals surface area contributed by atoms with Crippen LogP contribution in [0.25, 0.3) is 0 Å². The van der Waals surface area contributed by atoms with Gasteiger partial charge in [0.2, 0.25) is 0 Å². The molecular formula is C15H28ClIN4S. The van der Waals surface area contributed by atoms with Gasteiger partial charge in [-0.3, -0.25) is 4.99 Å². The number of rotatable bonds is 8. The maximum absolute atomic E-state index is 6.03. The van der Waals surface area contributed by atoms with Crippen LogP contribution in [-0.2, 0) is 13.6 Å². The SMILES string of the molecule is CCNC(=NCCCCSC)N(C)Cc1cc(Cl)cn1C.I. The number of aromatic nitrogens is 1. The molecule has 0 saturated heterocycles. The minimum absolute atomic E-state index is 0. The van der Waals surface area contributed by atoms with Gasteiger partial charge >= 0.3 is 0 Å². The first-order valence-corrected chi connectivity index (χ1v) is 9.14. The van der Waals surface area contributed by atoms with Crippen molar-refractivity contribution >= 4 is 53.3 Å². The normalized spacial score (nSPS) is 11.2. The summed E-state index contributed by atoms with van der Waals surface area (Å²) in [7, 11) is 4.08. The molecule has 1 rings (SSSR count). The topological polar surface area (TPSA) is 32.6 Å². The fourth-order valence-corrected chi connectivity index (χ4v) is 2.82. The second kappa shape index (κ2) is 12.4. The smallest absolute Gasteiger partial charge is 0.194 e. The quantitative estimate of drug-likeness (QED) is 0.278. The molecule has 0 spiro atoms. The van der Waals surface area contributed by atoms with Crippen LogP contribution in [0.3, 0.4) is 0 Å². The predicted molar refractivity (Wildman–Crippen MR) is 111 cm³/mol. The minimum Gasteiger partial charge on any atom is -0.357 e. The van der Waals surface area contributed by atoms with Gasteiger partial charge in [0.1, 0.15) is 0 Å². The van der Waals surface area contributed by atoms with Gasteiger partial charge in [-0.15, -0.1) is 24.0 Å². The standard InChI is InChI=1S/C15H27ClN4S.HI/c1-5-17-15(18-8-6-7-9-21-4)20(3)12-14-10-13(16)11-19(14)2;/h10-11H,5-9,12H2,1-4H3,(H,17,18);1H. The summed E-state index contributed by atoms with van der Waals surface area (Å²) in [6.45, 7) is 4.64. The molecule has 0 atom stereocenters. The second-order valence-corrected chi connectivity index (χ2v) is 6.47. The van der Waals surface area contributed by atoms with Crippen LogP contribution in [0.1, 0.15) is 25.5 Å². The Bertz CT molecular complexity index is 451. The Kier molecular flexibility index (Phi) is 12.3. The molecule has 0 aliphatic rings. The maximum Gasteiger partial charge on any atom is 0.194 e. The van der Waals surface area contributed by atoms with Crippen molar-refractivity contribution in [3.05, 3.63) is 23.0 Å². The fraction of sp³-hybridized carbons (Fsp3) is 0.667. The third-order valence-electron chi connectivity index (χ3n) is 3.19. The molecule has 0 aromatic carbocycles. The Morgan fingerprint density at radius 3 is 2.73 bits per heavy atom. The number of hydrogen-bond donors (Lipinski definition) is 1. The highest BCUT2D eigenvalue weighted by atomic mass is 127. The van der Waals surface area contributed by atoms with Crippen LogP contribution >= 0.6 is 47.3 Å². The number of guanidine groups is 1. The number of aliphatic imine (C=N–C) groups is 1. The molecule has 0 bridgehead atoms. The molecule has 0 aliphatic heterocycles. The summed E-state index contributed by atoms with van der Waals surface area (Å²) in [5.74, 6) is 2.17. The van der Waals surface area contributed by atoms with Gasteiger partial charge in [-0.2, -0.15) is 11.8 Å². The van der Waals surface area contributed by atoms with E-state index in [0.29, 0.717) is 0 Å². The summed E-state index contributed by atoms with van der Waals surface area (Å²) in [5, 5.41) is 4.13. The van der Waals surface area contributed by atoms with E-state index >= 15 is 0 Å². The molecule has 22 heavy (non-hydrogen) atoms. The minimum atomic E-state index is 0. The first-order valence-electron chi connectivity index (χ1n) is 7.37. The van der Waals surface area contributed by atoms with Crippen LogP contribution in [-0.4, -0.2) is 47.6 Å². The first-order chi connectivity index (χ1) is 10.1. The van der Waals surface area contributed by atoms with Gasteiger partial charge in [0.05, 0.1) is 11.6 Å². The largest absolute Gasteiger partial charge is 0.357 e. The summed E-state index contributed by atoms with van der Waals surface area (Å²) in [6.07, 6.45) is 6.43. The molecule has 1 aromatic heterocycles. The zero-order valence-electron chi connectivity index (χ0n) is 13.9. The molecule has 1 N–H and O–H groups in total. The van der Waals surface area contributed by atoms with Gasteiger partial charge < -0.3 is 14.8 Å². The number of hydrogen-bond acceptors (Lipinski definition) is 2. The van der Waals surface area contributed by atoms with Gasteiger partial charge in [-0.25, -0.2) is 0 Å². The van der Waals surface area contributed by atoms with Gasteiger partial charge in [0.25, 0.3) is 0 Å². The molecule has 7 heteroatoms. The predicted octanol–water partition coefficient (Wildman–Crippen LogP) is 3.84. The number of thioether (sulfide) groups is 1. The summed E-state index contributed by atoms with van der Waals surface area (Å²) < 4.78 is 2.06. The van der Waals surface area contributed by atoms with Crippen molar-refractivity contribution in [1.29, 1.82) is 0 Å². The zero-order chi connectivity index (χ0) is 15.7. The van der Waals surface area contributed by atoms with Crippen molar-refractivity contribution in [3.63, 3.8) is 0 Å². The molecule has 0 aliphatic carbocycles. The lowest BCUT2D eigenvalue weighted by atomic mass is 10.3. The van der Waals surface area contributed by atoms with Crippen LogP contribution in [0, 0.1) is 0 Å². The maximum atomic E-state index is 6.03. The summed E-state index contributed by atoms with van der Waals surface area (Å²) in [4.78, 5) is 6.84. The fourth-order valence-electron chi connectivity index (χ4n) is 2.05. The molecule has 1 heterocycles. The number of nitrogens with zero attached hydrogens (tertiary/aromatic N) is 3. The highest BCUT2D eigenvalue weighted by Gasteiger charge is 2.09. The number of unbranched alkanes of at least 4 members (excludes halogenated alkanes) is 1. The van der Waals surface area contributed by atoms with Crippen molar-refractivity contribution in [2.45, 2.75) is 26.3 Å². The van der Waals surface area contributed by atoms with Crippen LogP contribution in [0.5, 0.6) is 0 Å². The van der Waals surface area contributed by atoms with Crippen LogP contribution in [0.2, 0.25) is 5.02 Å².